The number of thiophene rings is 1. The van der Waals surface area contributed by atoms with Gasteiger partial charge in [-0.05, 0) is 51.6 Å². The van der Waals surface area contributed by atoms with E-state index in [1.54, 1.807) is 39.0 Å². The Balaban J connectivity index is 2.20. The molecule has 2 N–H and O–H groups in total. The highest BCUT2D eigenvalue weighted by Gasteiger charge is 2.24. The molecular formula is C17H22N2O3S. The summed E-state index contributed by atoms with van der Waals surface area (Å²) in [5, 5.41) is 4.92. The number of aromatic nitrogens is 1. The number of aryl methyl sites for hydroxylation is 1. The number of carbonyl (C=O) groups is 2. The normalized spacial score (nSPS) is 12.3. The Morgan fingerprint density at radius 3 is 2.52 bits per heavy atom. The first kappa shape index (κ1) is 17.3. The summed E-state index contributed by atoms with van der Waals surface area (Å²) in [6.45, 7) is 9.05. The third-order valence-corrected chi connectivity index (χ3v) is 4.58. The van der Waals surface area contributed by atoms with Crippen molar-refractivity contribution in [3.8, 4) is 0 Å². The van der Waals surface area contributed by atoms with Gasteiger partial charge in [-0.3, -0.25) is 4.79 Å². The maximum atomic E-state index is 12.5. The number of esters is 1. The van der Waals surface area contributed by atoms with Crippen LogP contribution < -0.4 is 5.32 Å². The lowest BCUT2D eigenvalue weighted by atomic mass is 10.1. The van der Waals surface area contributed by atoms with Crippen molar-refractivity contribution in [3.63, 3.8) is 0 Å². The van der Waals surface area contributed by atoms with Crippen LogP contribution in [0.1, 0.15) is 63.8 Å². The Morgan fingerprint density at radius 2 is 1.96 bits per heavy atom. The van der Waals surface area contributed by atoms with Gasteiger partial charge >= 0.3 is 5.97 Å². The van der Waals surface area contributed by atoms with Crippen molar-refractivity contribution in [2.75, 3.05) is 0 Å². The first-order chi connectivity index (χ1) is 10.8. The number of aromatic amines is 1. The van der Waals surface area contributed by atoms with Crippen LogP contribution in [-0.2, 0) is 4.74 Å². The zero-order valence-electron chi connectivity index (χ0n) is 14.0. The number of rotatable bonds is 5. The second-order valence-corrected chi connectivity index (χ2v) is 6.77. The number of carbonyl (C=O) groups excluding carboxylic acids is 2. The molecule has 124 valence electrons. The van der Waals surface area contributed by atoms with Gasteiger partial charge in [0.2, 0.25) is 0 Å². The van der Waals surface area contributed by atoms with Gasteiger partial charge in [-0.25, -0.2) is 4.79 Å². The third kappa shape index (κ3) is 3.82. The van der Waals surface area contributed by atoms with E-state index in [-0.39, 0.29) is 18.1 Å². The van der Waals surface area contributed by atoms with E-state index in [0.29, 0.717) is 22.5 Å². The molecule has 5 nitrogen and oxygen atoms in total. The largest absolute Gasteiger partial charge is 0.459 e. The molecular weight excluding hydrogens is 312 g/mol. The highest BCUT2D eigenvalue weighted by atomic mass is 32.1. The van der Waals surface area contributed by atoms with Gasteiger partial charge in [0, 0.05) is 10.6 Å². The molecule has 0 bridgehead atoms. The van der Waals surface area contributed by atoms with Crippen molar-refractivity contribution >= 4 is 23.2 Å². The van der Waals surface area contributed by atoms with Crippen molar-refractivity contribution < 1.29 is 14.3 Å². The first-order valence-corrected chi connectivity index (χ1v) is 8.43. The van der Waals surface area contributed by atoms with Gasteiger partial charge in [-0.2, -0.15) is 0 Å². The fourth-order valence-corrected chi connectivity index (χ4v) is 3.17. The van der Waals surface area contributed by atoms with Crippen LogP contribution in [0.3, 0.4) is 0 Å². The van der Waals surface area contributed by atoms with Crippen LogP contribution in [0.25, 0.3) is 0 Å². The molecule has 1 atom stereocenters. The Labute approximate surface area is 140 Å². The van der Waals surface area contributed by atoms with E-state index in [1.807, 2.05) is 24.4 Å². The molecule has 0 saturated heterocycles. The summed E-state index contributed by atoms with van der Waals surface area (Å²) >= 11 is 1.59. The molecule has 0 radical (unpaired) electrons. The van der Waals surface area contributed by atoms with Crippen LogP contribution in [0.15, 0.2) is 17.5 Å². The summed E-state index contributed by atoms with van der Waals surface area (Å²) < 4.78 is 5.24. The van der Waals surface area contributed by atoms with Crippen LogP contribution in [0.5, 0.6) is 0 Å². The molecule has 6 heteroatoms. The minimum absolute atomic E-state index is 0.0865. The second kappa shape index (κ2) is 7.00. The number of ether oxygens (including phenoxy) is 1. The summed E-state index contributed by atoms with van der Waals surface area (Å²) in [5.41, 5.74) is 2.10. The van der Waals surface area contributed by atoms with E-state index in [9.17, 15) is 9.59 Å². The van der Waals surface area contributed by atoms with E-state index in [0.717, 1.165) is 4.88 Å². The minimum atomic E-state index is -0.406. The van der Waals surface area contributed by atoms with Gasteiger partial charge in [0.15, 0.2) is 0 Å². The zero-order valence-corrected chi connectivity index (χ0v) is 14.8. The lowest BCUT2D eigenvalue weighted by Gasteiger charge is -2.12. The van der Waals surface area contributed by atoms with Crippen LogP contribution in [0, 0.1) is 13.8 Å². The Bertz CT molecular complexity index is 702. The Morgan fingerprint density at radius 1 is 1.26 bits per heavy atom. The topological polar surface area (TPSA) is 71.2 Å². The predicted molar refractivity (Wildman–Crippen MR) is 91.0 cm³/mol. The average molecular weight is 334 g/mol. The van der Waals surface area contributed by atoms with Gasteiger partial charge in [0.1, 0.15) is 5.69 Å². The van der Waals surface area contributed by atoms with Crippen LogP contribution >= 0.6 is 11.3 Å². The first-order valence-electron chi connectivity index (χ1n) is 7.55. The second-order valence-electron chi connectivity index (χ2n) is 5.79. The molecule has 2 aromatic heterocycles. The zero-order chi connectivity index (χ0) is 17.1. The summed E-state index contributed by atoms with van der Waals surface area (Å²) in [4.78, 5) is 28.8. The van der Waals surface area contributed by atoms with Crippen molar-refractivity contribution in [2.24, 2.45) is 0 Å². The summed E-state index contributed by atoms with van der Waals surface area (Å²) in [6, 6.07) is 3.84. The molecule has 0 fully saturated rings. The quantitative estimate of drug-likeness (QED) is 0.818. The van der Waals surface area contributed by atoms with Crippen LogP contribution in [0.4, 0.5) is 0 Å². The molecule has 1 amide bonds. The van der Waals surface area contributed by atoms with Gasteiger partial charge in [0.05, 0.1) is 17.7 Å². The Hall–Kier alpha value is -2.08. The highest BCUT2D eigenvalue weighted by molar-refractivity contribution is 7.10. The third-order valence-electron chi connectivity index (χ3n) is 3.53. The molecule has 0 aliphatic heterocycles. The van der Waals surface area contributed by atoms with Crippen molar-refractivity contribution in [3.05, 3.63) is 44.9 Å². The Kier molecular flexibility index (Phi) is 5.26. The van der Waals surface area contributed by atoms with E-state index >= 15 is 0 Å². The SMILES string of the molecule is Cc1[nH]c(C(=O)NC(C)c2cccs2)c(C)c1C(=O)OC(C)C. The van der Waals surface area contributed by atoms with E-state index < -0.39 is 5.97 Å². The molecule has 1 unspecified atom stereocenters. The van der Waals surface area contributed by atoms with E-state index in [1.165, 1.54) is 0 Å². The molecule has 0 aromatic carbocycles. The molecule has 2 aromatic rings. The van der Waals surface area contributed by atoms with Crippen molar-refractivity contribution in [1.82, 2.24) is 10.3 Å². The van der Waals surface area contributed by atoms with Gasteiger partial charge in [-0.1, -0.05) is 6.07 Å². The highest BCUT2D eigenvalue weighted by Crippen LogP contribution is 2.22. The lowest BCUT2D eigenvalue weighted by molar-refractivity contribution is 0.0376. The van der Waals surface area contributed by atoms with Gasteiger partial charge in [0.25, 0.3) is 5.91 Å². The van der Waals surface area contributed by atoms with Crippen molar-refractivity contribution in [2.45, 2.75) is 46.8 Å². The molecule has 2 heterocycles. The number of amides is 1. The predicted octanol–water partition coefficient (Wildman–Crippen LogP) is 3.75. The lowest BCUT2D eigenvalue weighted by Crippen LogP contribution is -2.27. The average Bonchev–Trinajstić information content (AvgIpc) is 3.06. The molecule has 0 aliphatic carbocycles. The van der Waals surface area contributed by atoms with Gasteiger partial charge in [-0.15, -0.1) is 11.3 Å². The maximum Gasteiger partial charge on any atom is 0.340 e. The van der Waals surface area contributed by atoms with E-state index in [2.05, 4.69) is 10.3 Å². The van der Waals surface area contributed by atoms with Crippen molar-refractivity contribution in [1.29, 1.82) is 0 Å². The molecule has 0 aliphatic rings. The monoisotopic (exact) mass is 334 g/mol. The molecule has 2 rings (SSSR count). The standard InChI is InChI=1S/C17H22N2O3S/c1-9(2)22-17(21)14-10(3)15(18-12(14)5)16(20)19-11(4)13-7-6-8-23-13/h6-9,11,18H,1-5H3,(H,19,20). The number of H-pyrrole nitrogens is 1. The summed E-state index contributed by atoms with van der Waals surface area (Å²) in [6.07, 6.45) is -0.202. The van der Waals surface area contributed by atoms with Gasteiger partial charge < -0.3 is 15.0 Å². The molecule has 0 spiro atoms. The number of nitrogens with one attached hydrogen (secondary N) is 2. The molecule has 0 saturated carbocycles. The number of hydrogen-bond acceptors (Lipinski definition) is 4. The minimum Gasteiger partial charge on any atom is -0.459 e. The summed E-state index contributed by atoms with van der Waals surface area (Å²) in [5.74, 6) is -0.633. The van der Waals surface area contributed by atoms with Crippen LogP contribution in [-0.4, -0.2) is 23.0 Å². The van der Waals surface area contributed by atoms with Crippen LogP contribution in [0.2, 0.25) is 0 Å². The van der Waals surface area contributed by atoms with E-state index in [4.69, 9.17) is 4.74 Å². The summed E-state index contributed by atoms with van der Waals surface area (Å²) in [7, 11) is 0. The molecule has 23 heavy (non-hydrogen) atoms. The fraction of sp³-hybridized carbons (Fsp3) is 0.412. The maximum absolute atomic E-state index is 12.5. The number of hydrogen-bond donors (Lipinski definition) is 2. The smallest absolute Gasteiger partial charge is 0.340 e. The fourth-order valence-electron chi connectivity index (χ4n) is 2.43.